The summed E-state index contributed by atoms with van der Waals surface area (Å²) in [6.45, 7) is 2.30. The molecular weight excluding hydrogens is 479 g/mol. The standard InChI is InChI=1S/C21H15BrCl2N2O3/c1-3-8-29-19-11-15(22)13(10-18(19)28-4-2)9-14(12-25)21(27)26-17-7-5-6-16(23)20(17)24/h1,5-7,9-11H,4,8H2,2H3,(H,26,27)/b14-9-. The Balaban J connectivity index is 2.37. The number of hydrogen-bond acceptors (Lipinski definition) is 4. The fraction of sp³-hybridized carbons (Fsp3) is 0.143. The molecule has 0 aliphatic rings. The van der Waals surface area contributed by atoms with E-state index in [1.165, 1.54) is 6.08 Å². The number of rotatable bonds is 7. The number of nitriles is 1. The summed E-state index contributed by atoms with van der Waals surface area (Å²) in [6, 6.07) is 10.0. The number of carbonyl (C=O) groups excluding carboxylic acids is 1. The van der Waals surface area contributed by atoms with Gasteiger partial charge in [-0.3, -0.25) is 4.79 Å². The minimum absolute atomic E-state index is 0.0773. The number of halogens is 3. The van der Waals surface area contributed by atoms with Gasteiger partial charge in [0.25, 0.3) is 5.91 Å². The average molecular weight is 494 g/mol. The molecule has 148 valence electrons. The van der Waals surface area contributed by atoms with E-state index in [4.69, 9.17) is 39.1 Å². The highest BCUT2D eigenvalue weighted by Crippen LogP contribution is 2.35. The Morgan fingerprint density at radius 1 is 1.31 bits per heavy atom. The molecule has 0 saturated heterocycles. The smallest absolute Gasteiger partial charge is 0.266 e. The molecule has 0 saturated carbocycles. The van der Waals surface area contributed by atoms with Crippen molar-refractivity contribution in [2.45, 2.75) is 6.92 Å². The van der Waals surface area contributed by atoms with Crippen LogP contribution in [0.1, 0.15) is 12.5 Å². The molecular formula is C21H15BrCl2N2O3. The quantitative estimate of drug-likeness (QED) is 0.304. The van der Waals surface area contributed by atoms with Crippen LogP contribution < -0.4 is 14.8 Å². The van der Waals surface area contributed by atoms with E-state index in [-0.39, 0.29) is 17.2 Å². The monoisotopic (exact) mass is 492 g/mol. The first-order valence-corrected chi connectivity index (χ1v) is 9.85. The summed E-state index contributed by atoms with van der Waals surface area (Å²) in [5, 5.41) is 12.5. The third kappa shape index (κ3) is 5.92. The van der Waals surface area contributed by atoms with Crippen LogP contribution in [0.2, 0.25) is 10.0 Å². The summed E-state index contributed by atoms with van der Waals surface area (Å²) < 4.78 is 11.6. The highest BCUT2D eigenvalue weighted by Gasteiger charge is 2.15. The second-order valence-electron chi connectivity index (χ2n) is 5.47. The molecule has 0 unspecified atom stereocenters. The first-order valence-electron chi connectivity index (χ1n) is 8.31. The van der Waals surface area contributed by atoms with E-state index in [1.54, 1.807) is 30.3 Å². The van der Waals surface area contributed by atoms with E-state index in [9.17, 15) is 10.1 Å². The van der Waals surface area contributed by atoms with Gasteiger partial charge in [-0.25, -0.2) is 0 Å². The van der Waals surface area contributed by atoms with Gasteiger partial charge in [0.05, 0.1) is 22.3 Å². The van der Waals surface area contributed by atoms with Crippen LogP contribution in [0.4, 0.5) is 5.69 Å². The maximum Gasteiger partial charge on any atom is 0.266 e. The van der Waals surface area contributed by atoms with Crippen LogP contribution in [0.3, 0.4) is 0 Å². The molecule has 0 aliphatic heterocycles. The van der Waals surface area contributed by atoms with Crippen molar-refractivity contribution in [3.63, 3.8) is 0 Å². The van der Waals surface area contributed by atoms with Crippen molar-refractivity contribution in [2.75, 3.05) is 18.5 Å². The van der Waals surface area contributed by atoms with E-state index >= 15 is 0 Å². The van der Waals surface area contributed by atoms with Gasteiger partial charge in [-0.05, 0) is 42.8 Å². The molecule has 0 fully saturated rings. The summed E-state index contributed by atoms with van der Waals surface area (Å²) in [5.41, 5.74) is 0.712. The van der Waals surface area contributed by atoms with Crippen LogP contribution in [0.25, 0.3) is 6.08 Å². The zero-order chi connectivity index (χ0) is 21.4. The van der Waals surface area contributed by atoms with Gasteiger partial charge in [0, 0.05) is 4.47 Å². The average Bonchev–Trinajstić information content (AvgIpc) is 2.70. The zero-order valence-electron chi connectivity index (χ0n) is 15.3. The van der Waals surface area contributed by atoms with Crippen LogP contribution in [-0.2, 0) is 4.79 Å². The molecule has 0 heterocycles. The Kier molecular flexibility index (Phi) is 8.42. The maximum atomic E-state index is 12.5. The molecule has 0 aliphatic carbocycles. The lowest BCUT2D eigenvalue weighted by Crippen LogP contribution is -2.13. The molecule has 0 radical (unpaired) electrons. The van der Waals surface area contributed by atoms with Crippen LogP contribution >= 0.6 is 39.1 Å². The minimum Gasteiger partial charge on any atom is -0.490 e. The van der Waals surface area contributed by atoms with Gasteiger partial charge in [0.1, 0.15) is 18.2 Å². The Morgan fingerprint density at radius 2 is 2.03 bits per heavy atom. The lowest BCUT2D eigenvalue weighted by Gasteiger charge is -2.13. The van der Waals surface area contributed by atoms with Crippen molar-refractivity contribution in [3.8, 4) is 29.9 Å². The Bertz CT molecular complexity index is 1040. The van der Waals surface area contributed by atoms with E-state index < -0.39 is 5.91 Å². The molecule has 1 amide bonds. The van der Waals surface area contributed by atoms with Crippen LogP contribution in [0, 0.1) is 23.7 Å². The molecule has 1 N–H and O–H groups in total. The van der Waals surface area contributed by atoms with E-state index in [0.717, 1.165) is 0 Å². The molecule has 2 aromatic rings. The number of terminal acetylenes is 1. The molecule has 0 atom stereocenters. The van der Waals surface area contributed by atoms with Gasteiger partial charge >= 0.3 is 0 Å². The molecule has 29 heavy (non-hydrogen) atoms. The summed E-state index contributed by atoms with van der Waals surface area (Å²) >= 11 is 15.4. The Labute approximate surface area is 187 Å². The topological polar surface area (TPSA) is 71.3 Å². The second kappa shape index (κ2) is 10.8. The summed E-state index contributed by atoms with van der Waals surface area (Å²) in [7, 11) is 0. The third-order valence-corrected chi connectivity index (χ3v) is 5.04. The second-order valence-corrected chi connectivity index (χ2v) is 7.11. The Hall–Kier alpha value is -2.64. The number of anilines is 1. The minimum atomic E-state index is -0.630. The number of hydrogen-bond donors (Lipinski definition) is 1. The highest BCUT2D eigenvalue weighted by atomic mass is 79.9. The number of nitrogens with one attached hydrogen (secondary N) is 1. The Morgan fingerprint density at radius 3 is 2.69 bits per heavy atom. The van der Waals surface area contributed by atoms with Crippen molar-refractivity contribution in [1.29, 1.82) is 5.26 Å². The molecule has 2 aromatic carbocycles. The number of nitrogens with zero attached hydrogens (tertiary/aromatic N) is 1. The number of ether oxygens (including phenoxy) is 2. The first kappa shape index (κ1) is 22.6. The summed E-state index contributed by atoms with van der Waals surface area (Å²) in [6.07, 6.45) is 6.66. The summed E-state index contributed by atoms with van der Waals surface area (Å²) in [5.74, 6) is 2.64. The van der Waals surface area contributed by atoms with Crippen molar-refractivity contribution in [3.05, 3.63) is 56.0 Å². The van der Waals surface area contributed by atoms with Crippen LogP contribution in [0.5, 0.6) is 11.5 Å². The van der Waals surface area contributed by atoms with Gasteiger partial charge in [-0.2, -0.15) is 5.26 Å². The van der Waals surface area contributed by atoms with Gasteiger partial charge in [-0.15, -0.1) is 6.42 Å². The fourth-order valence-corrected chi connectivity index (χ4v) is 3.04. The first-order chi connectivity index (χ1) is 13.9. The van der Waals surface area contributed by atoms with Crippen molar-refractivity contribution < 1.29 is 14.3 Å². The normalized spacial score (nSPS) is 10.6. The molecule has 0 bridgehead atoms. The maximum absolute atomic E-state index is 12.5. The number of benzene rings is 2. The lowest BCUT2D eigenvalue weighted by molar-refractivity contribution is -0.112. The van der Waals surface area contributed by atoms with Gasteiger partial charge in [-0.1, -0.05) is 51.1 Å². The lowest BCUT2D eigenvalue weighted by atomic mass is 10.1. The van der Waals surface area contributed by atoms with Crippen molar-refractivity contribution >= 4 is 56.8 Å². The van der Waals surface area contributed by atoms with Crippen LogP contribution in [0.15, 0.2) is 40.4 Å². The van der Waals surface area contributed by atoms with Crippen molar-refractivity contribution in [1.82, 2.24) is 0 Å². The predicted molar refractivity (Wildman–Crippen MR) is 118 cm³/mol. The fourth-order valence-electron chi connectivity index (χ4n) is 2.26. The number of amides is 1. The third-order valence-electron chi connectivity index (χ3n) is 3.54. The van der Waals surface area contributed by atoms with E-state index in [2.05, 4.69) is 27.2 Å². The highest BCUT2D eigenvalue weighted by molar-refractivity contribution is 9.10. The van der Waals surface area contributed by atoms with E-state index in [1.807, 2.05) is 13.0 Å². The molecule has 0 spiro atoms. The van der Waals surface area contributed by atoms with E-state index in [0.29, 0.717) is 38.9 Å². The van der Waals surface area contributed by atoms with Crippen molar-refractivity contribution in [2.24, 2.45) is 0 Å². The molecule has 5 nitrogen and oxygen atoms in total. The zero-order valence-corrected chi connectivity index (χ0v) is 18.4. The largest absolute Gasteiger partial charge is 0.490 e. The molecule has 2 rings (SSSR count). The van der Waals surface area contributed by atoms with Gasteiger partial charge in [0.15, 0.2) is 11.5 Å². The SMILES string of the molecule is C#CCOc1cc(Br)c(/C=C(/C#N)C(=O)Nc2cccc(Cl)c2Cl)cc1OCC. The van der Waals surface area contributed by atoms with Gasteiger partial charge in [0.2, 0.25) is 0 Å². The van der Waals surface area contributed by atoms with Gasteiger partial charge < -0.3 is 14.8 Å². The molecule has 8 heteroatoms. The predicted octanol–water partition coefficient (Wildman–Crippen LogP) is 5.71. The molecule has 0 aromatic heterocycles. The number of carbonyl (C=O) groups is 1. The van der Waals surface area contributed by atoms with Crippen LogP contribution in [-0.4, -0.2) is 19.1 Å². The summed E-state index contributed by atoms with van der Waals surface area (Å²) in [4.78, 5) is 12.5.